The van der Waals surface area contributed by atoms with Gasteiger partial charge in [-0.15, -0.1) is 0 Å². The Morgan fingerprint density at radius 2 is 2.07 bits per heavy atom. The minimum absolute atomic E-state index is 0.0877. The first-order valence-electron chi connectivity index (χ1n) is 6.19. The number of carbonyl (C=O) groups is 1. The number of hydrogen-bond acceptors (Lipinski definition) is 2. The molecule has 1 N–H and O–H groups in total. The highest BCUT2D eigenvalue weighted by atomic mass is 16.4. The first-order valence-corrected chi connectivity index (χ1v) is 6.19. The third-order valence-electron chi connectivity index (χ3n) is 3.72. The van der Waals surface area contributed by atoms with E-state index in [2.05, 4.69) is 11.8 Å². The molecule has 2 unspecified atom stereocenters. The van der Waals surface area contributed by atoms with E-state index in [9.17, 15) is 4.79 Å². The maximum Gasteiger partial charge on any atom is 0.308 e. The molecule has 2 aliphatic rings. The first-order chi connectivity index (χ1) is 7.22. The quantitative estimate of drug-likeness (QED) is 0.730. The van der Waals surface area contributed by atoms with Gasteiger partial charge in [-0.05, 0) is 44.6 Å². The Bertz CT molecular complexity index is 238. The van der Waals surface area contributed by atoms with Gasteiger partial charge in [0, 0.05) is 12.6 Å². The summed E-state index contributed by atoms with van der Waals surface area (Å²) < 4.78 is 0. The summed E-state index contributed by atoms with van der Waals surface area (Å²) in [5, 5.41) is 9.04. The molecule has 2 fully saturated rings. The summed E-state index contributed by atoms with van der Waals surface area (Å²) >= 11 is 0. The molecule has 86 valence electrons. The minimum Gasteiger partial charge on any atom is -0.481 e. The monoisotopic (exact) mass is 211 g/mol. The topological polar surface area (TPSA) is 40.5 Å². The summed E-state index contributed by atoms with van der Waals surface area (Å²) in [5.74, 6) is 0.185. The molecule has 2 saturated carbocycles. The van der Waals surface area contributed by atoms with Gasteiger partial charge in [-0.2, -0.15) is 0 Å². The van der Waals surface area contributed by atoms with Gasteiger partial charge in [-0.3, -0.25) is 9.69 Å². The van der Waals surface area contributed by atoms with Crippen molar-refractivity contribution >= 4 is 5.97 Å². The summed E-state index contributed by atoms with van der Waals surface area (Å²) in [6.45, 7) is 4.39. The van der Waals surface area contributed by atoms with Gasteiger partial charge in [0.25, 0.3) is 0 Å². The van der Waals surface area contributed by atoms with E-state index >= 15 is 0 Å². The molecule has 0 aromatic carbocycles. The highest BCUT2D eigenvalue weighted by molar-refractivity contribution is 5.72. The molecule has 3 nitrogen and oxygen atoms in total. The molecule has 3 heteroatoms. The van der Waals surface area contributed by atoms with Gasteiger partial charge in [0.2, 0.25) is 0 Å². The fourth-order valence-corrected chi connectivity index (χ4v) is 2.52. The molecular weight excluding hydrogens is 190 g/mol. The van der Waals surface area contributed by atoms with E-state index in [1.807, 2.05) is 0 Å². The molecule has 0 spiro atoms. The third kappa shape index (κ3) is 2.51. The van der Waals surface area contributed by atoms with Crippen LogP contribution in [0.1, 0.15) is 39.0 Å². The van der Waals surface area contributed by atoms with Crippen LogP contribution in [0.2, 0.25) is 0 Å². The van der Waals surface area contributed by atoms with Crippen LogP contribution in [0.3, 0.4) is 0 Å². The summed E-state index contributed by atoms with van der Waals surface area (Å²) in [7, 11) is 0. The van der Waals surface area contributed by atoms with Gasteiger partial charge in [-0.1, -0.05) is 6.92 Å². The standard InChI is InChI=1S/C12H21NO2/c1-2-7-13(8-9-3-4-9)11-6-5-10(11)12(14)15/h9-11H,2-8H2,1H3,(H,14,15). The van der Waals surface area contributed by atoms with E-state index in [0.29, 0.717) is 6.04 Å². The Kier molecular flexibility index (Phi) is 3.29. The third-order valence-corrected chi connectivity index (χ3v) is 3.72. The zero-order valence-corrected chi connectivity index (χ0v) is 9.48. The van der Waals surface area contributed by atoms with Gasteiger partial charge >= 0.3 is 5.97 Å². The van der Waals surface area contributed by atoms with Crippen molar-refractivity contribution in [1.82, 2.24) is 4.90 Å². The maximum absolute atomic E-state index is 11.0. The predicted molar refractivity (Wildman–Crippen MR) is 58.7 cm³/mol. The Hall–Kier alpha value is -0.570. The number of rotatable bonds is 6. The van der Waals surface area contributed by atoms with E-state index in [1.165, 1.54) is 12.8 Å². The van der Waals surface area contributed by atoms with Crippen LogP contribution in [-0.2, 0) is 4.79 Å². The Balaban J connectivity index is 1.88. The lowest BCUT2D eigenvalue weighted by Crippen LogP contribution is -2.51. The average molecular weight is 211 g/mol. The van der Waals surface area contributed by atoms with E-state index < -0.39 is 5.97 Å². The predicted octanol–water partition coefficient (Wildman–Crippen LogP) is 1.97. The van der Waals surface area contributed by atoms with Crippen LogP contribution in [0.25, 0.3) is 0 Å². The zero-order valence-electron chi connectivity index (χ0n) is 9.48. The molecule has 0 aromatic rings. The smallest absolute Gasteiger partial charge is 0.308 e. The number of aliphatic carboxylic acids is 1. The van der Waals surface area contributed by atoms with Crippen LogP contribution >= 0.6 is 0 Å². The molecule has 0 aliphatic heterocycles. The fourth-order valence-electron chi connectivity index (χ4n) is 2.52. The molecule has 2 rings (SSSR count). The lowest BCUT2D eigenvalue weighted by molar-refractivity contribution is -0.149. The normalized spacial score (nSPS) is 30.3. The van der Waals surface area contributed by atoms with Crippen LogP contribution < -0.4 is 0 Å². The molecule has 15 heavy (non-hydrogen) atoms. The van der Waals surface area contributed by atoms with Crippen LogP contribution in [0.4, 0.5) is 0 Å². The highest BCUT2D eigenvalue weighted by Crippen LogP contribution is 2.36. The van der Waals surface area contributed by atoms with Crippen molar-refractivity contribution in [3.8, 4) is 0 Å². The van der Waals surface area contributed by atoms with Crippen LogP contribution in [0.5, 0.6) is 0 Å². The van der Waals surface area contributed by atoms with E-state index in [-0.39, 0.29) is 5.92 Å². The number of carboxylic acids is 1. The summed E-state index contributed by atoms with van der Waals surface area (Å²) in [5.41, 5.74) is 0. The van der Waals surface area contributed by atoms with Crippen molar-refractivity contribution in [1.29, 1.82) is 0 Å². The molecule has 0 saturated heterocycles. The lowest BCUT2D eigenvalue weighted by Gasteiger charge is -2.42. The van der Waals surface area contributed by atoms with E-state index in [0.717, 1.165) is 38.3 Å². The second-order valence-electron chi connectivity index (χ2n) is 5.03. The lowest BCUT2D eigenvalue weighted by atomic mass is 9.78. The van der Waals surface area contributed by atoms with Crippen molar-refractivity contribution < 1.29 is 9.90 Å². The molecular formula is C12H21NO2. The molecule has 2 aliphatic carbocycles. The van der Waals surface area contributed by atoms with E-state index in [1.54, 1.807) is 0 Å². The zero-order chi connectivity index (χ0) is 10.8. The highest BCUT2D eigenvalue weighted by Gasteiger charge is 2.41. The molecule has 0 radical (unpaired) electrons. The summed E-state index contributed by atoms with van der Waals surface area (Å²) in [4.78, 5) is 13.4. The Labute approximate surface area is 91.5 Å². The number of nitrogens with zero attached hydrogens (tertiary/aromatic N) is 1. The molecule has 2 atom stereocenters. The van der Waals surface area contributed by atoms with Crippen molar-refractivity contribution in [2.24, 2.45) is 11.8 Å². The molecule has 0 aromatic heterocycles. The van der Waals surface area contributed by atoms with Crippen molar-refractivity contribution in [2.45, 2.75) is 45.1 Å². The average Bonchev–Trinajstić information content (AvgIpc) is 2.85. The van der Waals surface area contributed by atoms with Gasteiger partial charge in [-0.25, -0.2) is 0 Å². The summed E-state index contributed by atoms with van der Waals surface area (Å²) in [6, 6.07) is 0.336. The second-order valence-corrected chi connectivity index (χ2v) is 5.03. The number of carboxylic acid groups (broad SMARTS) is 1. The fraction of sp³-hybridized carbons (Fsp3) is 0.917. The van der Waals surface area contributed by atoms with Gasteiger partial charge in [0.05, 0.1) is 5.92 Å². The maximum atomic E-state index is 11.0. The molecule has 0 bridgehead atoms. The second kappa shape index (κ2) is 4.52. The van der Waals surface area contributed by atoms with Crippen molar-refractivity contribution in [3.63, 3.8) is 0 Å². The molecule has 0 amide bonds. The SMILES string of the molecule is CCCN(CC1CC1)C1CCC1C(=O)O. The Morgan fingerprint density at radius 1 is 1.33 bits per heavy atom. The van der Waals surface area contributed by atoms with Crippen molar-refractivity contribution in [3.05, 3.63) is 0 Å². The Morgan fingerprint density at radius 3 is 2.47 bits per heavy atom. The van der Waals surface area contributed by atoms with Gasteiger partial charge < -0.3 is 5.11 Å². The van der Waals surface area contributed by atoms with Gasteiger partial charge in [0.1, 0.15) is 0 Å². The van der Waals surface area contributed by atoms with Crippen LogP contribution in [0.15, 0.2) is 0 Å². The van der Waals surface area contributed by atoms with Crippen LogP contribution in [0, 0.1) is 11.8 Å². The van der Waals surface area contributed by atoms with E-state index in [4.69, 9.17) is 5.11 Å². The van der Waals surface area contributed by atoms with Crippen LogP contribution in [-0.4, -0.2) is 35.1 Å². The minimum atomic E-state index is -0.594. The van der Waals surface area contributed by atoms with Crippen molar-refractivity contribution in [2.75, 3.05) is 13.1 Å². The van der Waals surface area contributed by atoms with Gasteiger partial charge in [0.15, 0.2) is 0 Å². The molecule has 0 heterocycles. The first kappa shape index (κ1) is 10.9. The number of hydrogen-bond donors (Lipinski definition) is 1. The largest absolute Gasteiger partial charge is 0.481 e. The summed E-state index contributed by atoms with van der Waals surface area (Å²) in [6.07, 6.45) is 5.81.